The van der Waals surface area contributed by atoms with Crippen molar-refractivity contribution in [3.63, 3.8) is 0 Å². The third-order valence-electron chi connectivity index (χ3n) is 2.78. The topological polar surface area (TPSA) is 104 Å². The zero-order chi connectivity index (χ0) is 15.3. The number of hydrogen-bond donors (Lipinski definition) is 3. The Balaban J connectivity index is 2.47. The maximum absolute atomic E-state index is 11.6. The number of oxazole rings is 1. The van der Waals surface area contributed by atoms with Gasteiger partial charge in [-0.05, 0) is 26.2 Å². The Hall–Kier alpha value is -2.05. The summed E-state index contributed by atoms with van der Waals surface area (Å²) in [5, 5.41) is 14.0. The van der Waals surface area contributed by atoms with E-state index in [4.69, 9.17) is 9.52 Å². The number of nitrogens with one attached hydrogen (secondary N) is 2. The van der Waals surface area contributed by atoms with Crippen molar-refractivity contribution in [3.8, 4) is 0 Å². The molecule has 0 saturated carbocycles. The quantitative estimate of drug-likeness (QED) is 0.735. The van der Waals surface area contributed by atoms with Crippen LogP contribution in [0.5, 0.6) is 0 Å². The molecule has 0 fully saturated rings. The Morgan fingerprint density at radius 1 is 1.35 bits per heavy atom. The van der Waals surface area contributed by atoms with Gasteiger partial charge in [-0.3, -0.25) is 0 Å². The van der Waals surface area contributed by atoms with E-state index in [1.54, 1.807) is 6.92 Å². The number of nitrogens with zero attached hydrogens (tertiary/aromatic N) is 1. The number of carbonyl (C=O) groups excluding carboxylic acids is 1. The maximum atomic E-state index is 11.6. The highest BCUT2D eigenvalue weighted by atomic mass is 16.4. The van der Waals surface area contributed by atoms with Gasteiger partial charge < -0.3 is 20.2 Å². The lowest BCUT2D eigenvalue weighted by molar-refractivity contribution is -0.139. The number of aromatic nitrogens is 1. The average molecular weight is 283 g/mol. The van der Waals surface area contributed by atoms with E-state index in [2.05, 4.69) is 15.6 Å². The van der Waals surface area contributed by atoms with Crippen molar-refractivity contribution in [2.24, 2.45) is 5.92 Å². The van der Waals surface area contributed by atoms with Crippen LogP contribution in [-0.4, -0.2) is 28.1 Å². The normalized spacial score (nSPS) is 12.2. The molecular weight excluding hydrogens is 262 g/mol. The van der Waals surface area contributed by atoms with Gasteiger partial charge in [0.1, 0.15) is 11.8 Å². The first-order chi connectivity index (χ1) is 9.29. The Bertz CT molecular complexity index is 462. The summed E-state index contributed by atoms with van der Waals surface area (Å²) in [6, 6.07) is -1.45. The zero-order valence-electron chi connectivity index (χ0n) is 12.2. The predicted molar refractivity (Wildman–Crippen MR) is 72.2 cm³/mol. The summed E-state index contributed by atoms with van der Waals surface area (Å²) >= 11 is 0. The molecule has 0 radical (unpaired) electrons. The number of aryl methyl sites for hydroxylation is 2. The molecule has 2 amide bonds. The zero-order valence-corrected chi connectivity index (χ0v) is 12.2. The van der Waals surface area contributed by atoms with Crippen LogP contribution < -0.4 is 10.6 Å². The standard InChI is InChI=1S/C13H21N3O4/c1-7(2)5-10(12(17)18)16-13(19)14-6-11-15-8(3)9(4)20-11/h7,10H,5-6H2,1-4H3,(H,17,18)(H2,14,16,19)/t10-/m0/s1. The van der Waals surface area contributed by atoms with Gasteiger partial charge in [-0.2, -0.15) is 0 Å². The molecule has 20 heavy (non-hydrogen) atoms. The first-order valence-electron chi connectivity index (χ1n) is 6.49. The predicted octanol–water partition coefficient (Wildman–Crippen LogP) is 1.59. The average Bonchev–Trinajstić information content (AvgIpc) is 2.65. The highest BCUT2D eigenvalue weighted by Crippen LogP contribution is 2.08. The van der Waals surface area contributed by atoms with E-state index in [0.29, 0.717) is 18.1 Å². The van der Waals surface area contributed by atoms with Crippen molar-refractivity contribution in [2.45, 2.75) is 46.7 Å². The number of carboxylic acid groups (broad SMARTS) is 1. The smallest absolute Gasteiger partial charge is 0.326 e. The lowest BCUT2D eigenvalue weighted by Crippen LogP contribution is -2.46. The Labute approximate surface area is 117 Å². The van der Waals surface area contributed by atoms with Crippen LogP contribution in [0, 0.1) is 19.8 Å². The van der Waals surface area contributed by atoms with Crippen molar-refractivity contribution in [1.82, 2.24) is 15.6 Å². The van der Waals surface area contributed by atoms with Gasteiger partial charge in [0.05, 0.1) is 12.2 Å². The molecule has 0 aliphatic carbocycles. The van der Waals surface area contributed by atoms with E-state index in [9.17, 15) is 9.59 Å². The number of carbonyl (C=O) groups is 2. The van der Waals surface area contributed by atoms with Crippen molar-refractivity contribution in [1.29, 1.82) is 0 Å². The van der Waals surface area contributed by atoms with Gasteiger partial charge >= 0.3 is 12.0 Å². The monoisotopic (exact) mass is 283 g/mol. The summed E-state index contributed by atoms with van der Waals surface area (Å²) < 4.78 is 5.31. The third kappa shape index (κ3) is 4.91. The van der Waals surface area contributed by atoms with E-state index >= 15 is 0 Å². The lowest BCUT2D eigenvalue weighted by Gasteiger charge is -2.16. The van der Waals surface area contributed by atoms with Crippen LogP contribution in [0.1, 0.15) is 37.6 Å². The number of rotatable bonds is 6. The van der Waals surface area contributed by atoms with E-state index in [-0.39, 0.29) is 12.5 Å². The first-order valence-corrected chi connectivity index (χ1v) is 6.49. The van der Waals surface area contributed by atoms with Gasteiger partial charge in [0, 0.05) is 0 Å². The molecule has 1 atom stereocenters. The third-order valence-corrected chi connectivity index (χ3v) is 2.78. The van der Waals surface area contributed by atoms with Crippen LogP contribution >= 0.6 is 0 Å². The highest BCUT2D eigenvalue weighted by molar-refractivity contribution is 5.82. The van der Waals surface area contributed by atoms with Crippen LogP contribution in [0.2, 0.25) is 0 Å². The molecule has 0 aromatic carbocycles. The van der Waals surface area contributed by atoms with Crippen LogP contribution in [0.15, 0.2) is 4.42 Å². The Kier molecular flexibility index (Phi) is 5.54. The second-order valence-corrected chi connectivity index (χ2v) is 5.10. The molecule has 112 valence electrons. The van der Waals surface area contributed by atoms with E-state index in [1.807, 2.05) is 20.8 Å². The van der Waals surface area contributed by atoms with Crippen molar-refractivity contribution >= 4 is 12.0 Å². The highest BCUT2D eigenvalue weighted by Gasteiger charge is 2.21. The van der Waals surface area contributed by atoms with E-state index in [1.165, 1.54) is 0 Å². The summed E-state index contributed by atoms with van der Waals surface area (Å²) in [7, 11) is 0. The van der Waals surface area contributed by atoms with Gasteiger partial charge in [0.2, 0.25) is 5.89 Å². The molecule has 3 N–H and O–H groups in total. The molecule has 1 aromatic rings. The Morgan fingerprint density at radius 2 is 2.00 bits per heavy atom. The molecule has 0 aliphatic rings. The maximum Gasteiger partial charge on any atom is 0.326 e. The molecular formula is C13H21N3O4. The van der Waals surface area contributed by atoms with E-state index in [0.717, 1.165) is 5.69 Å². The second kappa shape index (κ2) is 6.93. The molecule has 0 unspecified atom stereocenters. The fourth-order valence-corrected chi connectivity index (χ4v) is 1.67. The number of urea groups is 1. The Morgan fingerprint density at radius 3 is 2.45 bits per heavy atom. The molecule has 7 nitrogen and oxygen atoms in total. The summed E-state index contributed by atoms with van der Waals surface area (Å²) in [4.78, 5) is 26.8. The van der Waals surface area contributed by atoms with Crippen LogP contribution in [0.3, 0.4) is 0 Å². The van der Waals surface area contributed by atoms with Crippen LogP contribution in [0.4, 0.5) is 4.79 Å². The summed E-state index contributed by atoms with van der Waals surface area (Å²) in [5.41, 5.74) is 0.769. The fourth-order valence-electron chi connectivity index (χ4n) is 1.67. The second-order valence-electron chi connectivity index (χ2n) is 5.10. The summed E-state index contributed by atoms with van der Waals surface area (Å²) in [6.45, 7) is 7.51. The van der Waals surface area contributed by atoms with Gasteiger partial charge in [-0.15, -0.1) is 0 Å². The van der Waals surface area contributed by atoms with Gasteiger partial charge in [-0.25, -0.2) is 14.6 Å². The number of amides is 2. The molecule has 1 aromatic heterocycles. The minimum atomic E-state index is -1.04. The summed E-state index contributed by atoms with van der Waals surface area (Å²) in [5.74, 6) is 0.224. The molecule has 0 saturated heterocycles. The molecule has 7 heteroatoms. The lowest BCUT2D eigenvalue weighted by atomic mass is 10.0. The summed E-state index contributed by atoms with van der Waals surface area (Å²) in [6.07, 6.45) is 0.375. The number of aliphatic carboxylic acids is 1. The first kappa shape index (κ1) is 16.0. The molecule has 0 bridgehead atoms. The van der Waals surface area contributed by atoms with Crippen molar-refractivity contribution < 1.29 is 19.1 Å². The van der Waals surface area contributed by atoms with Crippen LogP contribution in [-0.2, 0) is 11.3 Å². The largest absolute Gasteiger partial charge is 0.480 e. The van der Waals surface area contributed by atoms with Gasteiger partial charge in [-0.1, -0.05) is 13.8 Å². The SMILES string of the molecule is Cc1nc(CNC(=O)N[C@@H](CC(C)C)C(=O)O)oc1C. The van der Waals surface area contributed by atoms with Crippen molar-refractivity contribution in [2.75, 3.05) is 0 Å². The molecule has 0 spiro atoms. The molecule has 1 heterocycles. The van der Waals surface area contributed by atoms with Gasteiger partial charge in [0.25, 0.3) is 0 Å². The molecule has 1 rings (SSSR count). The minimum absolute atomic E-state index is 0.120. The molecule has 0 aliphatic heterocycles. The van der Waals surface area contributed by atoms with Crippen molar-refractivity contribution in [3.05, 3.63) is 17.3 Å². The fraction of sp³-hybridized carbons (Fsp3) is 0.615. The minimum Gasteiger partial charge on any atom is -0.480 e. The van der Waals surface area contributed by atoms with Gasteiger partial charge in [0.15, 0.2) is 0 Å². The van der Waals surface area contributed by atoms with E-state index < -0.39 is 18.0 Å². The van der Waals surface area contributed by atoms with Crippen LogP contribution in [0.25, 0.3) is 0 Å². The number of carboxylic acids is 1. The number of hydrogen-bond acceptors (Lipinski definition) is 4.